The summed E-state index contributed by atoms with van der Waals surface area (Å²) in [6, 6.07) is 19.6. The summed E-state index contributed by atoms with van der Waals surface area (Å²) in [5.74, 6) is -1.45. The van der Waals surface area contributed by atoms with Crippen LogP contribution >= 0.6 is 0 Å². The molecule has 0 aliphatic heterocycles. The molecule has 1 aromatic heterocycles. The van der Waals surface area contributed by atoms with Crippen LogP contribution in [-0.4, -0.2) is 42.2 Å². The normalized spacial score (nSPS) is 11.3. The van der Waals surface area contributed by atoms with E-state index in [1.165, 1.54) is 49.6 Å². The Morgan fingerprint density at radius 2 is 1.10 bits per heavy atom. The van der Waals surface area contributed by atoms with E-state index in [4.69, 9.17) is 27.8 Å². The molecule has 13 nitrogen and oxygen atoms in total. The van der Waals surface area contributed by atoms with Crippen molar-refractivity contribution in [2.45, 2.75) is 4.90 Å². The molecule has 3 N–H and O–H groups in total. The van der Waals surface area contributed by atoms with Gasteiger partial charge in [-0.15, -0.1) is 10.2 Å². The second-order valence-electron chi connectivity index (χ2n) is 8.06. The van der Waals surface area contributed by atoms with Crippen LogP contribution in [0.25, 0.3) is 33.8 Å². The Morgan fingerprint density at radius 3 is 1.44 bits per heavy atom. The Kier molecular flexibility index (Phi) is 9.42. The number of hydrogen-bond donors (Lipinski definition) is 3. The molecule has 0 aliphatic carbocycles. The first-order valence-electron chi connectivity index (χ1n) is 11.0. The van der Waals surface area contributed by atoms with Crippen molar-refractivity contribution in [2.24, 2.45) is 0 Å². The van der Waals surface area contributed by atoms with Crippen LogP contribution in [0.1, 0.15) is 20.7 Å². The molecule has 0 aliphatic rings. The number of carbonyl (C=O) groups is 2. The van der Waals surface area contributed by atoms with E-state index in [-0.39, 0.29) is 21.8 Å². The molecule has 0 bridgehead atoms. The number of benzene rings is 3. The van der Waals surface area contributed by atoms with E-state index in [9.17, 15) is 32.8 Å². The lowest BCUT2D eigenvalue weighted by molar-refractivity contribution is -2.00. The fourth-order valence-electron chi connectivity index (χ4n) is 3.57. The van der Waals surface area contributed by atoms with Crippen molar-refractivity contribution in [2.75, 3.05) is 7.11 Å². The van der Waals surface area contributed by atoms with Crippen LogP contribution in [0.5, 0.6) is 5.75 Å². The molecule has 4 rings (SSSR count). The van der Waals surface area contributed by atoms with E-state index < -0.39 is 32.3 Å². The number of carboxylic acids is 2. The molecule has 214 valence electrons. The Morgan fingerprint density at radius 1 is 0.707 bits per heavy atom. The van der Waals surface area contributed by atoms with Gasteiger partial charge in [-0.3, -0.25) is 4.55 Å². The number of halogens is 1. The topological polar surface area (TPSA) is 242 Å². The standard InChI is InChI=1S/C26H18O9S.ClHO4/c1-34-23-12-19(10-11-24(23)36(31,32)33)20-13-21(15-2-6-17(7-3-15)25(27)28)35-22(14-20)16-4-8-18(9-5-16)26(29)30;2-1(3,4)5/h2-14H,1H3,(H2-,27,28,29,30,31,32,33);(H,2,3,4,5). The largest absolute Gasteiger partial charge is 0.495 e. The van der Waals surface area contributed by atoms with Gasteiger partial charge < -0.3 is 14.9 Å². The van der Waals surface area contributed by atoms with Crippen molar-refractivity contribution in [3.8, 4) is 39.5 Å². The Hall–Kier alpha value is -4.41. The SMILES string of the molecule is COc1cc(-c2cc(-c3ccc(C(=O)O)cc3)[o+]c(-c3ccc(C(=O)O)cc3)c2)ccc1S(=O)(=O)O.[O-][Cl+3]([O-])([O-])[O-]. The Bertz CT molecular complexity index is 1600. The number of carboxylic acid groups (broad SMARTS) is 2. The summed E-state index contributed by atoms with van der Waals surface area (Å²) in [4.78, 5) is 22.1. The molecule has 15 heteroatoms. The van der Waals surface area contributed by atoms with Gasteiger partial charge in [0.15, 0.2) is 0 Å². The van der Waals surface area contributed by atoms with Crippen molar-refractivity contribution in [3.63, 3.8) is 0 Å². The van der Waals surface area contributed by atoms with Gasteiger partial charge >= 0.3 is 23.5 Å². The van der Waals surface area contributed by atoms with Crippen LogP contribution in [-0.2, 0) is 10.1 Å². The van der Waals surface area contributed by atoms with Gasteiger partial charge in [0.25, 0.3) is 10.1 Å². The third-order valence-corrected chi connectivity index (χ3v) is 6.29. The molecule has 1 heterocycles. The van der Waals surface area contributed by atoms with Crippen LogP contribution in [0.2, 0.25) is 0 Å². The highest BCUT2D eigenvalue weighted by atomic mass is 35.7. The molecule has 4 aromatic rings. The third kappa shape index (κ3) is 8.54. The van der Waals surface area contributed by atoms with Crippen molar-refractivity contribution < 1.29 is 70.8 Å². The number of rotatable bonds is 7. The van der Waals surface area contributed by atoms with Gasteiger partial charge in [-0.05, 0) is 66.2 Å². The number of aromatic carboxylic acids is 2. The predicted molar refractivity (Wildman–Crippen MR) is 130 cm³/mol. The number of hydrogen-bond acceptors (Lipinski definition) is 9. The molecule has 0 fully saturated rings. The monoisotopic (exact) mass is 606 g/mol. The minimum atomic E-state index is -4.94. The first-order chi connectivity index (χ1) is 19.1. The summed E-state index contributed by atoms with van der Waals surface area (Å²) < 4.78 is 78.0. The smallest absolute Gasteiger partial charge is 0.361 e. The van der Waals surface area contributed by atoms with Gasteiger partial charge in [-0.2, -0.15) is 8.42 Å². The molecular weight excluding hydrogens is 588 g/mol. The lowest BCUT2D eigenvalue weighted by Gasteiger charge is -2.17. The van der Waals surface area contributed by atoms with Gasteiger partial charge in [0.1, 0.15) is 10.6 Å². The highest BCUT2D eigenvalue weighted by molar-refractivity contribution is 7.86. The predicted octanol–water partition coefficient (Wildman–Crippen LogP) is 0.457. The highest BCUT2D eigenvalue weighted by Crippen LogP contribution is 2.36. The molecule has 0 saturated heterocycles. The quantitative estimate of drug-likeness (QED) is 0.191. The zero-order chi connectivity index (χ0) is 30.5. The summed E-state index contributed by atoms with van der Waals surface area (Å²) in [6.07, 6.45) is 0. The van der Waals surface area contributed by atoms with E-state index in [1.807, 2.05) is 0 Å². The van der Waals surface area contributed by atoms with Gasteiger partial charge in [0, 0.05) is 5.56 Å². The lowest BCUT2D eigenvalue weighted by atomic mass is 10.0. The minimum Gasteiger partial charge on any atom is -0.495 e. The van der Waals surface area contributed by atoms with Crippen molar-refractivity contribution in [3.05, 3.63) is 90.0 Å². The second kappa shape index (κ2) is 12.4. The first kappa shape index (κ1) is 31.1. The fraction of sp³-hybridized carbons (Fsp3) is 0.0385. The molecule has 0 atom stereocenters. The fourth-order valence-corrected chi connectivity index (χ4v) is 4.20. The molecule has 0 radical (unpaired) electrons. The van der Waals surface area contributed by atoms with Crippen LogP contribution in [0.3, 0.4) is 0 Å². The van der Waals surface area contributed by atoms with E-state index in [1.54, 1.807) is 36.4 Å². The minimum absolute atomic E-state index is 0.0597. The Balaban J connectivity index is 0.000000850. The molecule has 3 aromatic carbocycles. The highest BCUT2D eigenvalue weighted by Gasteiger charge is 2.23. The molecule has 0 unspecified atom stereocenters. The summed E-state index contributed by atoms with van der Waals surface area (Å²) in [7, 11) is -8.18. The zero-order valence-electron chi connectivity index (χ0n) is 20.7. The molecule has 0 spiro atoms. The van der Waals surface area contributed by atoms with Crippen LogP contribution in [0, 0.1) is 10.2 Å². The lowest BCUT2D eigenvalue weighted by Crippen LogP contribution is -2.68. The summed E-state index contributed by atoms with van der Waals surface area (Å²) in [5, 5.41) is 18.4. The van der Waals surface area contributed by atoms with Gasteiger partial charge in [-0.1, -0.05) is 6.07 Å². The van der Waals surface area contributed by atoms with Crippen molar-refractivity contribution in [1.82, 2.24) is 0 Å². The van der Waals surface area contributed by atoms with E-state index in [0.717, 1.165) is 0 Å². The molecule has 0 amide bonds. The van der Waals surface area contributed by atoms with Gasteiger partial charge in [-0.25, -0.2) is 32.6 Å². The van der Waals surface area contributed by atoms with E-state index in [2.05, 4.69) is 0 Å². The second-order valence-corrected chi connectivity index (χ2v) is 10.2. The average molecular weight is 607 g/mol. The van der Waals surface area contributed by atoms with Crippen LogP contribution in [0.4, 0.5) is 0 Å². The maximum Gasteiger partial charge on any atom is 0.361 e. The third-order valence-electron chi connectivity index (χ3n) is 5.40. The maximum absolute atomic E-state index is 11.7. The number of ether oxygens (including phenoxy) is 1. The van der Waals surface area contributed by atoms with E-state index in [0.29, 0.717) is 33.8 Å². The average Bonchev–Trinajstić information content (AvgIpc) is 2.91. The summed E-state index contributed by atoms with van der Waals surface area (Å²) >= 11 is 0. The molecular formula is C26H19ClO13S. The van der Waals surface area contributed by atoms with Crippen molar-refractivity contribution in [1.29, 1.82) is 0 Å². The van der Waals surface area contributed by atoms with E-state index >= 15 is 0 Å². The van der Waals surface area contributed by atoms with Crippen LogP contribution < -0.4 is 23.4 Å². The van der Waals surface area contributed by atoms with Crippen molar-refractivity contribution >= 4 is 22.1 Å². The molecule has 0 saturated carbocycles. The molecule has 41 heavy (non-hydrogen) atoms. The summed E-state index contributed by atoms with van der Waals surface area (Å²) in [5.41, 5.74) is 2.49. The maximum atomic E-state index is 11.7. The van der Waals surface area contributed by atoms with Gasteiger partial charge in [0.05, 0.1) is 41.5 Å². The zero-order valence-corrected chi connectivity index (χ0v) is 22.3. The number of methoxy groups -OCH3 is 1. The van der Waals surface area contributed by atoms with Gasteiger partial charge in [0.2, 0.25) is 0 Å². The van der Waals surface area contributed by atoms with Crippen LogP contribution in [0.15, 0.2) is 88.2 Å². The first-order valence-corrected chi connectivity index (χ1v) is 13.7. The Labute approximate surface area is 234 Å². The summed E-state index contributed by atoms with van der Waals surface area (Å²) in [6.45, 7) is 0.